The first kappa shape index (κ1) is 9.59. The van der Waals surface area contributed by atoms with Crippen LogP contribution in [0, 0.1) is 11.5 Å². The first-order valence-corrected chi connectivity index (χ1v) is 2.62. The molecule has 0 heterocycles. The summed E-state index contributed by atoms with van der Waals surface area (Å²) in [5.41, 5.74) is 0. The standard InChI is InChI=1S/C5H6N2O4/c6-1-9-4-11-5-10-3-7-2-8/h3-5H2. The lowest BCUT2D eigenvalue weighted by Crippen LogP contribution is -2.02. The van der Waals surface area contributed by atoms with E-state index >= 15 is 0 Å². The molecule has 0 rings (SSSR count). The third-order valence-electron chi connectivity index (χ3n) is 0.594. The van der Waals surface area contributed by atoms with Gasteiger partial charge >= 0.3 is 0 Å². The summed E-state index contributed by atoms with van der Waals surface area (Å²) in [6, 6.07) is 0. The van der Waals surface area contributed by atoms with Crippen molar-refractivity contribution in [1.82, 2.24) is 0 Å². The van der Waals surface area contributed by atoms with Crippen molar-refractivity contribution in [3.8, 4) is 6.26 Å². The number of nitrogens with zero attached hydrogens (tertiary/aromatic N) is 2. The van der Waals surface area contributed by atoms with Gasteiger partial charge in [-0.15, -0.1) is 0 Å². The number of hydrogen-bond acceptors (Lipinski definition) is 6. The molecule has 0 N–H and O–H groups in total. The topological polar surface area (TPSA) is 80.9 Å². The second kappa shape index (κ2) is 8.59. The first-order chi connectivity index (χ1) is 5.41. The number of ether oxygens (including phenoxy) is 3. The zero-order valence-electron chi connectivity index (χ0n) is 5.65. The van der Waals surface area contributed by atoms with Crippen LogP contribution in [0.1, 0.15) is 0 Å². The smallest absolute Gasteiger partial charge is 0.288 e. The van der Waals surface area contributed by atoms with E-state index in [0.29, 0.717) is 0 Å². The normalized spacial score (nSPS) is 7.91. The minimum absolute atomic E-state index is 0.0765. The third-order valence-corrected chi connectivity index (χ3v) is 0.594. The van der Waals surface area contributed by atoms with Crippen molar-refractivity contribution in [2.24, 2.45) is 4.99 Å². The fraction of sp³-hybridized carbons (Fsp3) is 0.600. The molecule has 0 aromatic heterocycles. The zero-order chi connectivity index (χ0) is 8.36. The summed E-state index contributed by atoms with van der Waals surface area (Å²) in [6.45, 7) is -0.343. The van der Waals surface area contributed by atoms with E-state index in [1.807, 2.05) is 0 Å². The van der Waals surface area contributed by atoms with Crippen molar-refractivity contribution < 1.29 is 19.0 Å². The molecule has 6 nitrogen and oxygen atoms in total. The second-order valence-corrected chi connectivity index (χ2v) is 1.26. The predicted octanol–water partition coefficient (Wildman–Crippen LogP) is -0.274. The molecule has 0 saturated heterocycles. The van der Waals surface area contributed by atoms with E-state index in [1.54, 1.807) is 0 Å². The van der Waals surface area contributed by atoms with Gasteiger partial charge in [-0.05, 0) is 0 Å². The summed E-state index contributed by atoms with van der Waals surface area (Å²) in [4.78, 5) is 12.5. The van der Waals surface area contributed by atoms with Gasteiger partial charge in [0.05, 0.1) is 0 Å². The Hall–Kier alpha value is -1.41. The number of aliphatic imine (C=N–C) groups is 1. The SMILES string of the molecule is N#COCOCOCN=C=O. The molecule has 0 aromatic carbocycles. The highest BCUT2D eigenvalue weighted by Crippen LogP contribution is 1.79. The number of nitriles is 1. The van der Waals surface area contributed by atoms with E-state index in [1.165, 1.54) is 12.3 Å². The molecule has 0 amide bonds. The van der Waals surface area contributed by atoms with Gasteiger partial charge in [-0.1, -0.05) is 0 Å². The van der Waals surface area contributed by atoms with Crippen LogP contribution in [0.2, 0.25) is 0 Å². The molecule has 11 heavy (non-hydrogen) atoms. The van der Waals surface area contributed by atoms with Crippen LogP contribution in [0.3, 0.4) is 0 Å². The van der Waals surface area contributed by atoms with Gasteiger partial charge in [0.2, 0.25) is 12.9 Å². The van der Waals surface area contributed by atoms with Gasteiger partial charge in [-0.3, -0.25) is 0 Å². The van der Waals surface area contributed by atoms with E-state index < -0.39 is 0 Å². The van der Waals surface area contributed by atoms with Crippen molar-refractivity contribution in [3.63, 3.8) is 0 Å². The number of hydrogen-bond donors (Lipinski definition) is 0. The van der Waals surface area contributed by atoms with Crippen LogP contribution in [-0.4, -0.2) is 26.4 Å². The fourth-order valence-corrected chi connectivity index (χ4v) is 0.270. The summed E-state index contributed by atoms with van der Waals surface area (Å²) in [6.07, 6.45) is 2.68. The quantitative estimate of drug-likeness (QED) is 0.175. The predicted molar refractivity (Wildman–Crippen MR) is 31.6 cm³/mol. The maximum absolute atomic E-state index is 9.46. The number of isocyanates is 1. The second-order valence-electron chi connectivity index (χ2n) is 1.26. The maximum Gasteiger partial charge on any atom is 0.288 e. The third kappa shape index (κ3) is 8.59. The van der Waals surface area contributed by atoms with Crippen LogP contribution < -0.4 is 0 Å². The largest absolute Gasteiger partial charge is 0.398 e. The summed E-state index contributed by atoms with van der Waals surface area (Å²) in [5.74, 6) is 0. The van der Waals surface area contributed by atoms with Gasteiger partial charge in [0, 0.05) is 0 Å². The summed E-state index contributed by atoms with van der Waals surface area (Å²) in [5, 5.41) is 7.84. The molecule has 60 valence electrons. The molecule has 0 spiro atoms. The number of rotatable bonds is 6. The minimum atomic E-state index is -0.165. The lowest BCUT2D eigenvalue weighted by molar-refractivity contribution is -0.106. The fourth-order valence-electron chi connectivity index (χ4n) is 0.270. The van der Waals surface area contributed by atoms with E-state index in [9.17, 15) is 4.79 Å². The van der Waals surface area contributed by atoms with Crippen LogP contribution >= 0.6 is 0 Å². The van der Waals surface area contributed by atoms with E-state index in [0.717, 1.165) is 0 Å². The number of carbonyl (C=O) groups excluding carboxylic acids is 1. The molecule has 0 radical (unpaired) electrons. The van der Waals surface area contributed by atoms with Crippen molar-refractivity contribution in [3.05, 3.63) is 0 Å². The van der Waals surface area contributed by atoms with Crippen molar-refractivity contribution in [2.45, 2.75) is 0 Å². The molecule has 0 aliphatic rings. The first-order valence-electron chi connectivity index (χ1n) is 2.62. The summed E-state index contributed by atoms with van der Waals surface area (Å²) >= 11 is 0. The lowest BCUT2D eigenvalue weighted by atomic mass is 11.2. The molecule has 0 fully saturated rings. The average Bonchev–Trinajstić information content (AvgIpc) is 2.03. The van der Waals surface area contributed by atoms with Gasteiger partial charge in [0.1, 0.15) is 0 Å². The zero-order valence-corrected chi connectivity index (χ0v) is 5.65. The highest BCUT2D eigenvalue weighted by Gasteiger charge is 1.84. The molecule has 0 bridgehead atoms. The minimum Gasteiger partial charge on any atom is -0.398 e. The lowest BCUT2D eigenvalue weighted by Gasteiger charge is -1.98. The van der Waals surface area contributed by atoms with Crippen LogP contribution in [0.5, 0.6) is 0 Å². The van der Waals surface area contributed by atoms with Gasteiger partial charge < -0.3 is 14.2 Å². The molecule has 0 aromatic rings. The molecule has 6 heteroatoms. The molecule has 0 saturated carbocycles. The Labute approximate surface area is 63.0 Å². The van der Waals surface area contributed by atoms with Crippen molar-refractivity contribution >= 4 is 6.08 Å². The molecule has 0 unspecified atom stereocenters. The summed E-state index contributed by atoms with van der Waals surface area (Å²) < 4.78 is 13.3. The van der Waals surface area contributed by atoms with E-state index in [4.69, 9.17) is 5.26 Å². The van der Waals surface area contributed by atoms with Gasteiger partial charge in [-0.2, -0.15) is 10.3 Å². The van der Waals surface area contributed by atoms with Crippen LogP contribution in [0.25, 0.3) is 0 Å². The van der Waals surface area contributed by atoms with Gasteiger partial charge in [0.25, 0.3) is 6.26 Å². The molecule has 0 aliphatic carbocycles. The average molecular weight is 158 g/mol. The highest BCUT2D eigenvalue weighted by atomic mass is 16.7. The molecular formula is C5H6N2O4. The Balaban J connectivity index is 2.91. The molecular weight excluding hydrogens is 152 g/mol. The van der Waals surface area contributed by atoms with E-state index in [-0.39, 0.29) is 20.3 Å². The van der Waals surface area contributed by atoms with Gasteiger partial charge in [-0.25, -0.2) is 4.79 Å². The Bertz CT molecular complexity index is 170. The highest BCUT2D eigenvalue weighted by molar-refractivity contribution is 5.32. The Morgan fingerprint density at radius 3 is 2.82 bits per heavy atom. The van der Waals surface area contributed by atoms with Crippen molar-refractivity contribution in [2.75, 3.05) is 20.3 Å². The van der Waals surface area contributed by atoms with Crippen LogP contribution in [0.15, 0.2) is 4.99 Å². The van der Waals surface area contributed by atoms with Crippen molar-refractivity contribution in [1.29, 1.82) is 5.26 Å². The van der Waals surface area contributed by atoms with Crippen LogP contribution in [0.4, 0.5) is 0 Å². The van der Waals surface area contributed by atoms with E-state index in [2.05, 4.69) is 19.2 Å². The monoisotopic (exact) mass is 158 g/mol. The van der Waals surface area contributed by atoms with Gasteiger partial charge in [0.15, 0.2) is 13.5 Å². The maximum atomic E-state index is 9.46. The molecule has 0 aliphatic heterocycles. The van der Waals surface area contributed by atoms with Crippen LogP contribution in [-0.2, 0) is 19.0 Å². The Kier molecular flexibility index (Phi) is 7.49. The Morgan fingerprint density at radius 1 is 1.36 bits per heavy atom. The summed E-state index contributed by atoms with van der Waals surface area (Å²) in [7, 11) is 0. The molecule has 0 atom stereocenters. The Morgan fingerprint density at radius 2 is 2.18 bits per heavy atom.